The largest absolute Gasteiger partial charge is 0.481 e. The van der Waals surface area contributed by atoms with E-state index < -0.39 is 16.0 Å². The predicted molar refractivity (Wildman–Crippen MR) is 99.3 cm³/mol. The van der Waals surface area contributed by atoms with Gasteiger partial charge in [-0.15, -0.1) is 0 Å². The summed E-state index contributed by atoms with van der Waals surface area (Å²) in [4.78, 5) is 10.7. The second kappa shape index (κ2) is 8.18. The monoisotopic (exact) mass is 379 g/mol. The van der Waals surface area contributed by atoms with Crippen LogP contribution in [-0.4, -0.2) is 19.5 Å². The molecular weight excluding hydrogens is 362 g/mol. The fraction of sp³-hybridized carbons (Fsp3) is 0.167. The highest BCUT2D eigenvalue weighted by Gasteiger charge is 2.15. The minimum Gasteiger partial charge on any atom is -0.481 e. The Balaban J connectivity index is 2.26. The second-order valence-electron chi connectivity index (χ2n) is 5.48. The fourth-order valence-corrected chi connectivity index (χ4v) is 3.37. The molecule has 0 saturated carbocycles. The first-order valence-corrected chi connectivity index (χ1v) is 9.41. The molecule has 0 aromatic heterocycles. The quantitative estimate of drug-likeness (QED) is 0.750. The van der Waals surface area contributed by atoms with E-state index in [-0.39, 0.29) is 11.3 Å². The van der Waals surface area contributed by atoms with Crippen LogP contribution in [-0.2, 0) is 14.8 Å². The molecule has 0 amide bonds. The van der Waals surface area contributed by atoms with Crippen LogP contribution < -0.4 is 4.72 Å². The lowest BCUT2D eigenvalue weighted by Crippen LogP contribution is -2.13. The molecule has 2 aromatic rings. The number of allylic oxidation sites excluding steroid dienone is 1. The number of hydrogen-bond acceptors (Lipinski definition) is 3. The van der Waals surface area contributed by atoms with Gasteiger partial charge in [0.1, 0.15) is 0 Å². The molecule has 0 aliphatic rings. The molecule has 0 aliphatic heterocycles. The number of aryl methyl sites for hydroxylation is 1. The van der Waals surface area contributed by atoms with E-state index in [1.807, 2.05) is 6.92 Å². The van der Waals surface area contributed by atoms with Crippen molar-refractivity contribution >= 4 is 39.4 Å². The summed E-state index contributed by atoms with van der Waals surface area (Å²) in [6.07, 6.45) is 3.67. The molecule has 0 aliphatic carbocycles. The van der Waals surface area contributed by atoms with Crippen molar-refractivity contribution in [1.82, 2.24) is 0 Å². The number of carboxylic acid groups (broad SMARTS) is 1. The standard InChI is InChI=1S/C18H18ClNO4S/c1-13-6-9-16(10-7-13)25(23,24)20-17-11-8-15(19)12-14(17)4-2-3-5-18(21)22/h2,4,6-12,20H,3,5H2,1H3,(H,21,22). The van der Waals surface area contributed by atoms with Crippen molar-refractivity contribution in [3.8, 4) is 0 Å². The van der Waals surface area contributed by atoms with Crippen LogP contribution in [0.4, 0.5) is 5.69 Å². The van der Waals surface area contributed by atoms with Gasteiger partial charge >= 0.3 is 5.97 Å². The summed E-state index contributed by atoms with van der Waals surface area (Å²) in [6.45, 7) is 1.88. The van der Waals surface area contributed by atoms with Crippen molar-refractivity contribution in [3.63, 3.8) is 0 Å². The third kappa shape index (κ3) is 5.62. The van der Waals surface area contributed by atoms with Crippen LogP contribution in [0.25, 0.3) is 6.08 Å². The lowest BCUT2D eigenvalue weighted by molar-refractivity contribution is -0.136. The number of nitrogens with one attached hydrogen (secondary N) is 1. The number of sulfonamides is 1. The molecule has 0 fully saturated rings. The van der Waals surface area contributed by atoms with Crippen molar-refractivity contribution in [2.45, 2.75) is 24.7 Å². The third-order valence-corrected chi connectivity index (χ3v) is 5.03. The number of hydrogen-bond donors (Lipinski definition) is 2. The first-order chi connectivity index (χ1) is 11.8. The molecule has 0 heterocycles. The summed E-state index contributed by atoms with van der Waals surface area (Å²) in [5.41, 5.74) is 1.90. The number of carboxylic acids is 1. The van der Waals surface area contributed by atoms with Crippen LogP contribution in [0.15, 0.2) is 53.4 Å². The molecule has 2 N–H and O–H groups in total. The van der Waals surface area contributed by atoms with Gasteiger partial charge in [0.2, 0.25) is 0 Å². The Morgan fingerprint density at radius 2 is 1.88 bits per heavy atom. The van der Waals surface area contributed by atoms with Crippen LogP contribution in [0.1, 0.15) is 24.0 Å². The molecule has 0 atom stereocenters. The molecule has 2 rings (SSSR count). The van der Waals surface area contributed by atoms with Gasteiger partial charge in [-0.2, -0.15) is 0 Å². The molecule has 0 saturated heterocycles. The minimum absolute atomic E-state index is 0.00148. The highest BCUT2D eigenvalue weighted by Crippen LogP contribution is 2.25. The minimum atomic E-state index is -3.73. The lowest BCUT2D eigenvalue weighted by atomic mass is 10.1. The second-order valence-corrected chi connectivity index (χ2v) is 7.60. The topological polar surface area (TPSA) is 83.5 Å². The smallest absolute Gasteiger partial charge is 0.303 e. The molecule has 2 aromatic carbocycles. The summed E-state index contributed by atoms with van der Waals surface area (Å²) in [6, 6.07) is 11.3. The zero-order valence-corrected chi connectivity index (χ0v) is 15.1. The molecule has 0 bridgehead atoms. The normalized spacial score (nSPS) is 11.6. The van der Waals surface area contributed by atoms with E-state index in [0.717, 1.165) is 5.56 Å². The average molecular weight is 380 g/mol. The Kier molecular flexibility index (Phi) is 6.22. The van der Waals surface area contributed by atoms with Crippen LogP contribution >= 0.6 is 11.6 Å². The van der Waals surface area contributed by atoms with E-state index in [1.54, 1.807) is 42.5 Å². The molecular formula is C18H18ClNO4S. The summed E-state index contributed by atoms with van der Waals surface area (Å²) in [7, 11) is -3.73. The maximum atomic E-state index is 12.5. The Morgan fingerprint density at radius 1 is 1.20 bits per heavy atom. The van der Waals surface area contributed by atoms with E-state index >= 15 is 0 Å². The van der Waals surface area contributed by atoms with Crippen LogP contribution in [0.2, 0.25) is 5.02 Å². The van der Waals surface area contributed by atoms with Crippen LogP contribution in [0.3, 0.4) is 0 Å². The maximum absolute atomic E-state index is 12.5. The maximum Gasteiger partial charge on any atom is 0.303 e. The van der Waals surface area contributed by atoms with Crippen molar-refractivity contribution < 1.29 is 18.3 Å². The van der Waals surface area contributed by atoms with Gasteiger partial charge in [-0.25, -0.2) is 8.42 Å². The lowest BCUT2D eigenvalue weighted by Gasteiger charge is -2.11. The fourth-order valence-electron chi connectivity index (χ4n) is 2.10. The van der Waals surface area contributed by atoms with Crippen molar-refractivity contribution in [1.29, 1.82) is 0 Å². The van der Waals surface area contributed by atoms with Gasteiger partial charge < -0.3 is 5.11 Å². The Bertz CT molecular complexity index is 890. The van der Waals surface area contributed by atoms with Gasteiger partial charge in [0.15, 0.2) is 0 Å². The Labute approximate surface area is 152 Å². The average Bonchev–Trinajstić information content (AvgIpc) is 2.54. The van der Waals surface area contributed by atoms with Crippen molar-refractivity contribution in [3.05, 3.63) is 64.7 Å². The zero-order chi connectivity index (χ0) is 18.4. The van der Waals surface area contributed by atoms with E-state index in [9.17, 15) is 13.2 Å². The van der Waals surface area contributed by atoms with E-state index in [1.165, 1.54) is 12.1 Å². The number of aliphatic carboxylic acids is 1. The van der Waals surface area contributed by atoms with Crippen molar-refractivity contribution in [2.75, 3.05) is 4.72 Å². The summed E-state index contributed by atoms with van der Waals surface area (Å²) >= 11 is 5.98. The number of carbonyl (C=O) groups is 1. The number of benzene rings is 2. The summed E-state index contributed by atoms with van der Waals surface area (Å²) in [5, 5.41) is 9.12. The van der Waals surface area contributed by atoms with Gasteiger partial charge in [-0.3, -0.25) is 9.52 Å². The predicted octanol–water partition coefficient (Wildman–Crippen LogP) is 4.33. The molecule has 5 nitrogen and oxygen atoms in total. The highest BCUT2D eigenvalue weighted by molar-refractivity contribution is 7.92. The molecule has 0 unspecified atom stereocenters. The molecule has 7 heteroatoms. The van der Waals surface area contributed by atoms with E-state index in [2.05, 4.69) is 4.72 Å². The zero-order valence-electron chi connectivity index (χ0n) is 13.6. The molecule has 0 radical (unpaired) electrons. The third-order valence-electron chi connectivity index (χ3n) is 3.41. The van der Waals surface area contributed by atoms with Crippen LogP contribution in [0.5, 0.6) is 0 Å². The molecule has 132 valence electrons. The molecule has 25 heavy (non-hydrogen) atoms. The molecule has 0 spiro atoms. The van der Waals surface area contributed by atoms with Gasteiger partial charge in [-0.1, -0.05) is 41.4 Å². The first kappa shape index (κ1) is 19.0. The summed E-state index contributed by atoms with van der Waals surface area (Å²) < 4.78 is 27.6. The SMILES string of the molecule is Cc1ccc(S(=O)(=O)Nc2ccc(Cl)cc2C=CCCC(=O)O)cc1. The van der Waals surface area contributed by atoms with Crippen molar-refractivity contribution in [2.24, 2.45) is 0 Å². The van der Waals surface area contributed by atoms with E-state index in [4.69, 9.17) is 16.7 Å². The van der Waals surface area contributed by atoms with Gasteiger partial charge in [0.25, 0.3) is 10.0 Å². The van der Waals surface area contributed by atoms with E-state index in [0.29, 0.717) is 22.7 Å². The van der Waals surface area contributed by atoms with Gasteiger partial charge in [-0.05, 0) is 49.2 Å². The number of rotatable bonds is 7. The number of anilines is 1. The highest BCUT2D eigenvalue weighted by atomic mass is 35.5. The van der Waals surface area contributed by atoms with Gasteiger partial charge in [0, 0.05) is 11.4 Å². The Morgan fingerprint density at radius 3 is 2.52 bits per heavy atom. The summed E-state index contributed by atoms with van der Waals surface area (Å²) in [5.74, 6) is -0.893. The van der Waals surface area contributed by atoms with Crippen LogP contribution in [0, 0.1) is 6.92 Å². The first-order valence-electron chi connectivity index (χ1n) is 7.55. The van der Waals surface area contributed by atoms with Gasteiger partial charge in [0.05, 0.1) is 10.6 Å². The number of halogens is 1. The Hall–Kier alpha value is -2.31.